The molecule has 1 aliphatic rings. The van der Waals surface area contributed by atoms with E-state index in [1.807, 2.05) is 84.1 Å². The Morgan fingerprint density at radius 3 is 2.67 bits per heavy atom. The van der Waals surface area contributed by atoms with Crippen LogP contribution in [0, 0.1) is 13.8 Å². The smallest absolute Gasteiger partial charge is 0.246 e. The zero-order chi connectivity index (χ0) is 23.2. The van der Waals surface area contributed by atoms with Crippen LogP contribution < -0.4 is 4.74 Å². The van der Waals surface area contributed by atoms with Crippen LogP contribution in [-0.2, 0) is 16.1 Å². The third kappa shape index (κ3) is 5.34. The molecule has 0 bridgehead atoms. The second-order valence-electron chi connectivity index (χ2n) is 8.33. The lowest BCUT2D eigenvalue weighted by molar-refractivity contribution is -0.128. The van der Waals surface area contributed by atoms with Gasteiger partial charge in [0.15, 0.2) is 0 Å². The molecule has 0 spiro atoms. The fourth-order valence-corrected chi connectivity index (χ4v) is 4.28. The molecule has 6 heteroatoms. The Morgan fingerprint density at radius 2 is 1.94 bits per heavy atom. The van der Waals surface area contributed by atoms with Crippen molar-refractivity contribution in [2.45, 2.75) is 39.3 Å². The van der Waals surface area contributed by atoms with Crippen molar-refractivity contribution in [1.82, 2.24) is 14.7 Å². The lowest BCUT2D eigenvalue weighted by atomic mass is 10.1. The highest BCUT2D eigenvalue weighted by atomic mass is 16.5. The number of nitrogens with zero attached hydrogens (tertiary/aromatic N) is 3. The highest BCUT2D eigenvalue weighted by Gasteiger charge is 2.23. The molecular formula is C27H31N3O3. The summed E-state index contributed by atoms with van der Waals surface area (Å²) < 4.78 is 13.2. The predicted molar refractivity (Wildman–Crippen MR) is 129 cm³/mol. The molecule has 1 aliphatic heterocycles. The van der Waals surface area contributed by atoms with Gasteiger partial charge < -0.3 is 14.4 Å². The number of amides is 1. The molecule has 172 valence electrons. The van der Waals surface area contributed by atoms with E-state index in [1.165, 1.54) is 0 Å². The molecule has 6 nitrogen and oxygen atoms in total. The molecule has 3 aromatic rings. The van der Waals surface area contributed by atoms with E-state index in [9.17, 15) is 4.79 Å². The van der Waals surface area contributed by atoms with Gasteiger partial charge in [-0.15, -0.1) is 0 Å². The third-order valence-electron chi connectivity index (χ3n) is 6.05. The van der Waals surface area contributed by atoms with Crippen molar-refractivity contribution < 1.29 is 14.3 Å². The number of hydrogen-bond acceptors (Lipinski definition) is 4. The van der Waals surface area contributed by atoms with Crippen LogP contribution in [0.2, 0.25) is 0 Å². The molecule has 1 fully saturated rings. The zero-order valence-corrected chi connectivity index (χ0v) is 19.5. The summed E-state index contributed by atoms with van der Waals surface area (Å²) in [6, 6.07) is 17.8. The summed E-state index contributed by atoms with van der Waals surface area (Å²) in [4.78, 5) is 15.2. The van der Waals surface area contributed by atoms with Crippen LogP contribution >= 0.6 is 0 Å². The van der Waals surface area contributed by atoms with Gasteiger partial charge in [-0.2, -0.15) is 5.10 Å². The van der Waals surface area contributed by atoms with Crippen LogP contribution in [0.15, 0.2) is 60.7 Å². The van der Waals surface area contributed by atoms with Gasteiger partial charge >= 0.3 is 0 Å². The van der Waals surface area contributed by atoms with Gasteiger partial charge in [-0.25, -0.2) is 4.68 Å². The van der Waals surface area contributed by atoms with Gasteiger partial charge in [0.25, 0.3) is 0 Å². The number of carbonyl (C=O) groups excluding carboxylic acids is 1. The largest absolute Gasteiger partial charge is 0.496 e. The summed E-state index contributed by atoms with van der Waals surface area (Å²) in [5.74, 6) is 0.727. The molecule has 1 aromatic heterocycles. The molecule has 2 heterocycles. The summed E-state index contributed by atoms with van der Waals surface area (Å²) in [5.41, 5.74) is 4.82. The van der Waals surface area contributed by atoms with E-state index >= 15 is 0 Å². The van der Waals surface area contributed by atoms with Crippen molar-refractivity contribution >= 4 is 12.0 Å². The fraction of sp³-hybridized carbons (Fsp3) is 0.333. The second kappa shape index (κ2) is 10.5. The van der Waals surface area contributed by atoms with Gasteiger partial charge in [-0.1, -0.05) is 36.4 Å². The van der Waals surface area contributed by atoms with Crippen LogP contribution in [0.25, 0.3) is 11.8 Å². The fourth-order valence-electron chi connectivity index (χ4n) is 4.28. The molecule has 4 rings (SSSR count). The molecule has 33 heavy (non-hydrogen) atoms. The standard InChI is InChI=1S/C27H31N3O3/c1-20-25(21(2)30(28-20)23-11-5-4-6-12-23)15-16-27(31)29(19-24-13-9-17-33-24)18-22-10-7-8-14-26(22)32-3/h4-8,10-12,14-16,24H,9,13,17-19H2,1-3H3/b16-15+. The van der Waals surface area contributed by atoms with Gasteiger partial charge in [0.1, 0.15) is 5.75 Å². The van der Waals surface area contributed by atoms with Gasteiger partial charge in [0.2, 0.25) is 5.91 Å². The molecular weight excluding hydrogens is 414 g/mol. The van der Waals surface area contributed by atoms with E-state index in [0.29, 0.717) is 13.1 Å². The van der Waals surface area contributed by atoms with Crippen molar-refractivity contribution in [3.05, 3.63) is 83.2 Å². The molecule has 2 aromatic carbocycles. The SMILES string of the molecule is COc1ccccc1CN(CC1CCCO1)C(=O)/C=C/c1c(C)nn(-c2ccccc2)c1C. The number of aryl methyl sites for hydroxylation is 1. The van der Waals surface area contributed by atoms with Gasteiger partial charge in [-0.05, 0) is 51.0 Å². The van der Waals surface area contributed by atoms with E-state index in [4.69, 9.17) is 9.47 Å². The lowest BCUT2D eigenvalue weighted by Gasteiger charge is -2.25. The molecule has 0 radical (unpaired) electrons. The average molecular weight is 446 g/mol. The van der Waals surface area contributed by atoms with Gasteiger partial charge in [0, 0.05) is 42.6 Å². The number of carbonyl (C=O) groups is 1. The Hall–Kier alpha value is -3.38. The van der Waals surface area contributed by atoms with Gasteiger partial charge in [-0.3, -0.25) is 4.79 Å². The van der Waals surface area contributed by atoms with Gasteiger partial charge in [0.05, 0.1) is 24.6 Å². The second-order valence-corrected chi connectivity index (χ2v) is 8.33. The summed E-state index contributed by atoms with van der Waals surface area (Å²) in [5, 5.41) is 4.68. The van der Waals surface area contributed by atoms with Crippen molar-refractivity contribution in [3.8, 4) is 11.4 Å². The van der Waals surface area contributed by atoms with Crippen molar-refractivity contribution in [1.29, 1.82) is 0 Å². The van der Waals surface area contributed by atoms with E-state index in [-0.39, 0.29) is 12.0 Å². The van der Waals surface area contributed by atoms with Crippen molar-refractivity contribution in [3.63, 3.8) is 0 Å². The maximum absolute atomic E-state index is 13.3. The predicted octanol–water partition coefficient (Wildman–Crippen LogP) is 4.72. The number of hydrogen-bond donors (Lipinski definition) is 0. The number of aromatic nitrogens is 2. The molecule has 0 N–H and O–H groups in total. The minimum atomic E-state index is -0.0531. The van der Waals surface area contributed by atoms with Crippen molar-refractivity contribution in [2.75, 3.05) is 20.3 Å². The van der Waals surface area contributed by atoms with Crippen LogP contribution in [0.5, 0.6) is 5.75 Å². The maximum atomic E-state index is 13.3. The normalized spacial score (nSPS) is 15.8. The molecule has 1 amide bonds. The molecule has 0 saturated carbocycles. The monoisotopic (exact) mass is 445 g/mol. The van der Waals surface area contributed by atoms with E-state index in [1.54, 1.807) is 13.2 Å². The Kier molecular flexibility index (Phi) is 7.25. The van der Waals surface area contributed by atoms with E-state index in [0.717, 1.165) is 53.4 Å². The first-order valence-corrected chi connectivity index (χ1v) is 11.4. The molecule has 1 unspecified atom stereocenters. The Morgan fingerprint density at radius 1 is 1.18 bits per heavy atom. The highest BCUT2D eigenvalue weighted by molar-refractivity contribution is 5.92. The topological polar surface area (TPSA) is 56.6 Å². The summed E-state index contributed by atoms with van der Waals surface area (Å²) >= 11 is 0. The molecule has 0 aliphatic carbocycles. The summed E-state index contributed by atoms with van der Waals surface area (Å²) in [6.07, 6.45) is 5.61. The number of ether oxygens (including phenoxy) is 2. The number of para-hydroxylation sites is 2. The maximum Gasteiger partial charge on any atom is 0.246 e. The number of rotatable bonds is 8. The summed E-state index contributed by atoms with van der Waals surface area (Å²) in [6.45, 7) is 5.77. The first-order chi connectivity index (χ1) is 16.1. The van der Waals surface area contributed by atoms with Crippen LogP contribution in [0.1, 0.15) is 35.4 Å². The third-order valence-corrected chi connectivity index (χ3v) is 6.05. The van der Waals surface area contributed by atoms with Crippen molar-refractivity contribution in [2.24, 2.45) is 0 Å². The minimum Gasteiger partial charge on any atom is -0.496 e. The summed E-state index contributed by atoms with van der Waals surface area (Å²) in [7, 11) is 1.65. The first-order valence-electron chi connectivity index (χ1n) is 11.4. The average Bonchev–Trinajstić information content (AvgIpc) is 3.45. The minimum absolute atomic E-state index is 0.0531. The zero-order valence-electron chi connectivity index (χ0n) is 19.5. The highest BCUT2D eigenvalue weighted by Crippen LogP contribution is 2.23. The lowest BCUT2D eigenvalue weighted by Crippen LogP contribution is -2.36. The van der Waals surface area contributed by atoms with E-state index < -0.39 is 0 Å². The molecule has 1 atom stereocenters. The van der Waals surface area contributed by atoms with E-state index in [2.05, 4.69) is 5.10 Å². The Labute approximate surface area is 195 Å². The quantitative estimate of drug-likeness (QED) is 0.471. The number of benzene rings is 2. The van der Waals surface area contributed by atoms with Crippen LogP contribution in [0.4, 0.5) is 0 Å². The van der Waals surface area contributed by atoms with Crippen LogP contribution in [-0.4, -0.2) is 47.0 Å². The van der Waals surface area contributed by atoms with Crippen LogP contribution in [0.3, 0.4) is 0 Å². The number of methoxy groups -OCH3 is 1. The Balaban J connectivity index is 1.57. The molecule has 1 saturated heterocycles. The first kappa shape index (κ1) is 22.8. The Bertz CT molecular complexity index is 1110.